The van der Waals surface area contributed by atoms with E-state index in [0.29, 0.717) is 12.8 Å². The summed E-state index contributed by atoms with van der Waals surface area (Å²) in [5, 5.41) is 0. The first kappa shape index (κ1) is 25.5. The minimum atomic E-state index is -0.295. The molecule has 6 nitrogen and oxygen atoms in total. The van der Waals surface area contributed by atoms with Crippen LogP contribution in [0, 0.1) is 0 Å². The van der Waals surface area contributed by atoms with Gasteiger partial charge in [0.1, 0.15) is 0 Å². The van der Waals surface area contributed by atoms with Gasteiger partial charge in [0.15, 0.2) is 0 Å². The summed E-state index contributed by atoms with van der Waals surface area (Å²) in [6.07, 6.45) is 2.32. The molecular weight excluding hydrogens is 312 g/mol. The van der Waals surface area contributed by atoms with Gasteiger partial charge in [-0.05, 0) is 40.5 Å². The molecule has 0 aromatic rings. The van der Waals surface area contributed by atoms with Crippen LogP contribution in [0.4, 0.5) is 0 Å². The summed E-state index contributed by atoms with van der Waals surface area (Å²) in [6, 6.07) is 0. The molecule has 7 heteroatoms. The molecule has 124 valence electrons. The second kappa shape index (κ2) is 17.6. The summed E-state index contributed by atoms with van der Waals surface area (Å²) in [5.74, 6) is -0.590. The molecule has 0 aliphatic heterocycles. The fourth-order valence-electron chi connectivity index (χ4n) is 0.791. The summed E-state index contributed by atoms with van der Waals surface area (Å²) >= 11 is 0. The van der Waals surface area contributed by atoms with E-state index in [0.717, 1.165) is 12.8 Å². The Hall–Kier alpha value is -0.426. The third-order valence-corrected chi connectivity index (χ3v) is 1.58. The smallest absolute Gasteiger partial charge is 0.298 e. The number of carbonyl (C=O) groups is 2. The monoisotopic (exact) mass is 340 g/mol. The summed E-state index contributed by atoms with van der Waals surface area (Å²) < 4.78 is 0. The predicted molar refractivity (Wildman–Crippen MR) is 74.4 cm³/mol. The molecule has 0 aromatic carbocycles. The number of hydrogen-bond donors (Lipinski definition) is 0. The molecule has 0 saturated carbocycles. The van der Waals surface area contributed by atoms with Gasteiger partial charge < -0.3 is 0 Å². The average molecular weight is 340 g/mol. The first-order valence-corrected chi connectivity index (χ1v) is 7.05. The van der Waals surface area contributed by atoms with Crippen molar-refractivity contribution in [1.82, 2.24) is 0 Å². The van der Waals surface area contributed by atoms with E-state index in [1.165, 1.54) is 0 Å². The van der Waals surface area contributed by atoms with Crippen molar-refractivity contribution >= 4 is 11.9 Å². The molecular formula is C14H28O6Ti. The van der Waals surface area contributed by atoms with Crippen LogP contribution in [0.3, 0.4) is 0 Å². The maximum atomic E-state index is 10.6. The average Bonchev–Trinajstić information content (AvgIpc) is 2.35. The van der Waals surface area contributed by atoms with E-state index in [1.807, 2.05) is 13.8 Å². The van der Waals surface area contributed by atoms with E-state index in [4.69, 9.17) is 0 Å². The molecule has 0 N–H and O–H groups in total. The van der Waals surface area contributed by atoms with E-state index >= 15 is 0 Å². The maximum absolute atomic E-state index is 10.6. The zero-order valence-electron chi connectivity index (χ0n) is 13.9. The van der Waals surface area contributed by atoms with Gasteiger partial charge in [0, 0.05) is 34.6 Å². The molecule has 0 aromatic heterocycles. The van der Waals surface area contributed by atoms with Crippen LogP contribution in [0.15, 0.2) is 0 Å². The Labute approximate surface area is 142 Å². The van der Waals surface area contributed by atoms with Gasteiger partial charge in [0.05, 0.1) is 12.2 Å². The van der Waals surface area contributed by atoms with E-state index in [2.05, 4.69) is 19.6 Å². The molecule has 0 spiro atoms. The molecule has 0 rings (SSSR count). The minimum absolute atomic E-state index is 0. The second-order valence-corrected chi connectivity index (χ2v) is 4.70. The van der Waals surface area contributed by atoms with Crippen LogP contribution in [0.5, 0.6) is 0 Å². The fourth-order valence-corrected chi connectivity index (χ4v) is 0.791. The van der Waals surface area contributed by atoms with E-state index in [-0.39, 0.29) is 45.9 Å². The molecule has 0 unspecified atom stereocenters. The van der Waals surface area contributed by atoms with Crippen LogP contribution in [-0.4, -0.2) is 24.1 Å². The normalized spacial score (nSPS) is 9.52. The summed E-state index contributed by atoms with van der Waals surface area (Å²) in [5.41, 5.74) is 0. The maximum Gasteiger partial charge on any atom is 0.342 e. The molecule has 21 heavy (non-hydrogen) atoms. The molecule has 0 fully saturated rings. The van der Waals surface area contributed by atoms with Crippen LogP contribution in [-0.2, 0) is 50.9 Å². The van der Waals surface area contributed by atoms with E-state index < -0.39 is 0 Å². The standard InChI is InChI=1S/2C7H14O3.Ti/c2*1-4-5-7(8)10-9-6(2)3;/h2*6H,4-5H2,1-3H3;. The Morgan fingerprint density at radius 1 is 0.762 bits per heavy atom. The van der Waals surface area contributed by atoms with Gasteiger partial charge in [-0.2, -0.15) is 9.78 Å². The van der Waals surface area contributed by atoms with Crippen molar-refractivity contribution in [3.05, 3.63) is 0 Å². The quantitative estimate of drug-likeness (QED) is 0.383. The Kier molecular flexibility index (Phi) is 21.4. The second-order valence-electron chi connectivity index (χ2n) is 4.70. The van der Waals surface area contributed by atoms with Crippen molar-refractivity contribution in [2.24, 2.45) is 0 Å². The minimum Gasteiger partial charge on any atom is -0.298 e. The molecule has 0 bridgehead atoms. The zero-order valence-corrected chi connectivity index (χ0v) is 15.5. The summed E-state index contributed by atoms with van der Waals surface area (Å²) in [7, 11) is 0. The van der Waals surface area contributed by atoms with Gasteiger partial charge in [-0.15, -0.1) is 0 Å². The first-order valence-electron chi connectivity index (χ1n) is 7.05. The van der Waals surface area contributed by atoms with E-state index in [1.54, 1.807) is 27.7 Å². The van der Waals surface area contributed by atoms with Crippen molar-refractivity contribution in [2.75, 3.05) is 0 Å². The number of rotatable bonds is 8. The third-order valence-electron chi connectivity index (χ3n) is 1.58. The predicted octanol–water partition coefficient (Wildman–Crippen LogP) is 3.34. The van der Waals surface area contributed by atoms with Gasteiger partial charge in [-0.3, -0.25) is 9.78 Å². The van der Waals surface area contributed by atoms with E-state index in [9.17, 15) is 9.59 Å². The molecule has 0 amide bonds. The Balaban J connectivity index is -0.000000295. The molecule has 0 aliphatic carbocycles. The third kappa shape index (κ3) is 24.9. The zero-order chi connectivity index (χ0) is 16.0. The van der Waals surface area contributed by atoms with Gasteiger partial charge in [0.2, 0.25) is 0 Å². The van der Waals surface area contributed by atoms with Gasteiger partial charge in [-0.25, -0.2) is 9.59 Å². The van der Waals surface area contributed by atoms with Gasteiger partial charge in [-0.1, -0.05) is 13.8 Å². The SMILES string of the molecule is CCCC(=O)OOC(C)C.CCCC(=O)OOC(C)C.[Ti]. The first-order chi connectivity index (χ1) is 9.33. The largest absolute Gasteiger partial charge is 0.342 e. The van der Waals surface area contributed by atoms with Crippen molar-refractivity contribution < 1.29 is 50.9 Å². The molecule has 0 heterocycles. The molecule has 0 radical (unpaired) electrons. The Morgan fingerprint density at radius 3 is 1.24 bits per heavy atom. The van der Waals surface area contributed by atoms with Crippen molar-refractivity contribution in [2.45, 2.75) is 79.4 Å². The molecule has 0 aliphatic rings. The Bertz CT molecular complexity index is 230. The van der Waals surface area contributed by atoms with Crippen molar-refractivity contribution in [1.29, 1.82) is 0 Å². The van der Waals surface area contributed by atoms with Crippen LogP contribution in [0.25, 0.3) is 0 Å². The number of hydrogen-bond acceptors (Lipinski definition) is 6. The van der Waals surface area contributed by atoms with Crippen LogP contribution in [0.2, 0.25) is 0 Å². The van der Waals surface area contributed by atoms with Gasteiger partial charge >= 0.3 is 11.9 Å². The van der Waals surface area contributed by atoms with Crippen molar-refractivity contribution in [3.8, 4) is 0 Å². The fraction of sp³-hybridized carbons (Fsp3) is 0.857. The Morgan fingerprint density at radius 2 is 1.05 bits per heavy atom. The summed E-state index contributed by atoms with van der Waals surface area (Å²) in [6.45, 7) is 11.0. The van der Waals surface area contributed by atoms with Gasteiger partial charge in [0.25, 0.3) is 0 Å². The summed E-state index contributed by atoms with van der Waals surface area (Å²) in [4.78, 5) is 39.2. The van der Waals surface area contributed by atoms with Crippen LogP contribution >= 0.6 is 0 Å². The van der Waals surface area contributed by atoms with Crippen LogP contribution in [0.1, 0.15) is 67.2 Å². The van der Waals surface area contributed by atoms with Crippen molar-refractivity contribution in [3.63, 3.8) is 0 Å². The molecule has 0 saturated heterocycles. The number of carbonyl (C=O) groups excluding carboxylic acids is 2. The van der Waals surface area contributed by atoms with Crippen LogP contribution < -0.4 is 0 Å². The topological polar surface area (TPSA) is 71.1 Å². The molecule has 0 atom stereocenters.